The maximum absolute atomic E-state index is 13.5. The van der Waals surface area contributed by atoms with Gasteiger partial charge in [0, 0.05) is 25.1 Å². The van der Waals surface area contributed by atoms with Crippen molar-refractivity contribution in [3.63, 3.8) is 0 Å². The number of hydrogen-bond donors (Lipinski definition) is 2. The van der Waals surface area contributed by atoms with E-state index in [1.54, 1.807) is 18.1 Å². The summed E-state index contributed by atoms with van der Waals surface area (Å²) in [5, 5.41) is 13.1. The summed E-state index contributed by atoms with van der Waals surface area (Å²) in [4.78, 5) is 27.8. The van der Waals surface area contributed by atoms with Gasteiger partial charge in [-0.2, -0.15) is 0 Å². The molecule has 6 nitrogen and oxygen atoms in total. The van der Waals surface area contributed by atoms with Gasteiger partial charge in [-0.05, 0) is 36.6 Å². The molecule has 3 rings (SSSR count). The largest absolute Gasteiger partial charge is 0.496 e. The van der Waals surface area contributed by atoms with Crippen molar-refractivity contribution in [1.82, 2.24) is 10.2 Å². The highest BCUT2D eigenvalue weighted by atomic mass is 19.2. The SMILES string of the molecule is CCCCN1C(=O)CCC(C(=O)NCC(O)c2ccc(F)c(F)c2)C1c1ccccc1OC. The molecular formula is C25H30F2N2O4. The summed E-state index contributed by atoms with van der Waals surface area (Å²) in [6, 6.07) is 9.95. The highest BCUT2D eigenvalue weighted by molar-refractivity contribution is 5.85. The Hall–Kier alpha value is -3.00. The molecule has 0 saturated carbocycles. The van der Waals surface area contributed by atoms with Crippen LogP contribution < -0.4 is 10.1 Å². The van der Waals surface area contributed by atoms with E-state index in [2.05, 4.69) is 5.32 Å². The van der Waals surface area contributed by atoms with Crippen LogP contribution in [-0.4, -0.2) is 42.0 Å². The number of ether oxygens (including phenoxy) is 1. The minimum Gasteiger partial charge on any atom is -0.496 e. The molecule has 2 N–H and O–H groups in total. The van der Waals surface area contributed by atoms with Crippen molar-refractivity contribution >= 4 is 11.8 Å². The predicted octanol–water partition coefficient (Wildman–Crippen LogP) is 3.90. The van der Waals surface area contributed by atoms with Gasteiger partial charge in [-0.15, -0.1) is 0 Å². The van der Waals surface area contributed by atoms with Crippen molar-refractivity contribution in [3.05, 3.63) is 65.2 Å². The van der Waals surface area contributed by atoms with E-state index < -0.39 is 29.7 Å². The third-order valence-corrected chi connectivity index (χ3v) is 6.05. The third-order valence-electron chi connectivity index (χ3n) is 6.05. The number of rotatable bonds is 9. The molecule has 2 amide bonds. The van der Waals surface area contributed by atoms with Gasteiger partial charge >= 0.3 is 0 Å². The number of hydrogen-bond acceptors (Lipinski definition) is 4. The average Bonchev–Trinajstić information content (AvgIpc) is 2.83. The van der Waals surface area contributed by atoms with Gasteiger partial charge in [0.25, 0.3) is 0 Å². The van der Waals surface area contributed by atoms with Gasteiger partial charge in [-0.3, -0.25) is 9.59 Å². The van der Waals surface area contributed by atoms with Crippen molar-refractivity contribution in [2.75, 3.05) is 20.2 Å². The lowest BCUT2D eigenvalue weighted by atomic mass is 9.83. The first-order valence-electron chi connectivity index (χ1n) is 11.2. The van der Waals surface area contributed by atoms with Crippen LogP contribution in [0.4, 0.5) is 8.78 Å². The summed E-state index contributed by atoms with van der Waals surface area (Å²) < 4.78 is 32.2. The Balaban J connectivity index is 1.82. The van der Waals surface area contributed by atoms with Crippen LogP contribution in [0.1, 0.15) is 55.9 Å². The Morgan fingerprint density at radius 2 is 2.00 bits per heavy atom. The van der Waals surface area contributed by atoms with Gasteiger partial charge in [0.15, 0.2) is 11.6 Å². The number of aliphatic hydroxyl groups excluding tert-OH is 1. The Labute approximate surface area is 192 Å². The smallest absolute Gasteiger partial charge is 0.225 e. The van der Waals surface area contributed by atoms with Crippen molar-refractivity contribution in [2.45, 2.75) is 44.8 Å². The molecule has 1 aliphatic rings. The summed E-state index contributed by atoms with van der Waals surface area (Å²) in [5.41, 5.74) is 0.921. The fourth-order valence-electron chi connectivity index (χ4n) is 4.28. The van der Waals surface area contributed by atoms with Crippen molar-refractivity contribution < 1.29 is 28.2 Å². The van der Waals surface area contributed by atoms with Gasteiger partial charge < -0.3 is 20.1 Å². The molecule has 1 fully saturated rings. The lowest BCUT2D eigenvalue weighted by Gasteiger charge is -2.41. The summed E-state index contributed by atoms with van der Waals surface area (Å²) in [7, 11) is 1.55. The fourth-order valence-corrected chi connectivity index (χ4v) is 4.28. The van der Waals surface area contributed by atoms with E-state index in [1.165, 1.54) is 6.07 Å². The van der Waals surface area contributed by atoms with Gasteiger partial charge in [0.2, 0.25) is 11.8 Å². The third kappa shape index (κ3) is 5.68. The minimum absolute atomic E-state index is 0.00905. The standard InChI is InChI=1S/C25H30F2N2O4/c1-3-4-13-29-23(31)12-10-18(24(29)17-7-5-6-8-22(17)33-2)25(32)28-15-21(30)16-9-11-19(26)20(27)14-16/h5-9,11,14,18,21,24,30H,3-4,10,12-13,15H2,1-2H3,(H,28,32). The van der Waals surface area contributed by atoms with E-state index in [-0.39, 0.29) is 30.3 Å². The Kier molecular flexibility index (Phi) is 8.38. The maximum atomic E-state index is 13.5. The van der Waals surface area contributed by atoms with Gasteiger partial charge in [-0.25, -0.2) is 8.78 Å². The first-order chi connectivity index (χ1) is 15.9. The van der Waals surface area contributed by atoms with E-state index in [0.717, 1.165) is 30.5 Å². The maximum Gasteiger partial charge on any atom is 0.225 e. The van der Waals surface area contributed by atoms with E-state index in [1.807, 2.05) is 25.1 Å². The summed E-state index contributed by atoms with van der Waals surface area (Å²) in [6.07, 6.45) is 1.12. The quantitative estimate of drug-likeness (QED) is 0.595. The lowest BCUT2D eigenvalue weighted by Crippen LogP contribution is -2.49. The molecule has 178 valence electrons. The zero-order chi connectivity index (χ0) is 24.0. The monoisotopic (exact) mass is 460 g/mol. The fraction of sp³-hybridized carbons (Fsp3) is 0.440. The van der Waals surface area contributed by atoms with Gasteiger partial charge in [0.1, 0.15) is 5.75 Å². The van der Waals surface area contributed by atoms with Crippen LogP contribution in [0, 0.1) is 17.6 Å². The Bertz CT molecular complexity index is 985. The van der Waals surface area contributed by atoms with Gasteiger partial charge in [-0.1, -0.05) is 37.6 Å². The van der Waals surface area contributed by atoms with Gasteiger partial charge in [0.05, 0.1) is 25.2 Å². The normalized spacial score (nSPS) is 19.3. The lowest BCUT2D eigenvalue weighted by molar-refractivity contribution is -0.143. The topological polar surface area (TPSA) is 78.9 Å². The van der Waals surface area contributed by atoms with Crippen LogP contribution in [0.3, 0.4) is 0 Å². The molecule has 33 heavy (non-hydrogen) atoms. The number of aliphatic hydroxyl groups is 1. The van der Waals surface area contributed by atoms with E-state index in [4.69, 9.17) is 4.74 Å². The molecule has 0 aromatic heterocycles. The number of nitrogens with one attached hydrogen (secondary N) is 1. The molecule has 2 aromatic rings. The minimum atomic E-state index is -1.20. The van der Waals surface area contributed by atoms with Crippen LogP contribution in [0.15, 0.2) is 42.5 Å². The Morgan fingerprint density at radius 1 is 1.24 bits per heavy atom. The average molecular weight is 461 g/mol. The molecule has 1 heterocycles. The van der Waals surface area contributed by atoms with E-state index >= 15 is 0 Å². The molecule has 2 aromatic carbocycles. The number of amides is 2. The number of piperidine rings is 1. The van der Waals surface area contributed by atoms with Crippen molar-refractivity contribution in [2.24, 2.45) is 5.92 Å². The molecule has 8 heteroatoms. The highest BCUT2D eigenvalue weighted by Crippen LogP contribution is 2.41. The van der Waals surface area contributed by atoms with E-state index in [9.17, 15) is 23.5 Å². The molecule has 0 radical (unpaired) electrons. The number of unbranched alkanes of at least 4 members (excludes halogenated alkanes) is 1. The number of nitrogens with zero attached hydrogens (tertiary/aromatic N) is 1. The van der Waals surface area contributed by atoms with Crippen LogP contribution in [0.5, 0.6) is 5.75 Å². The molecular weight excluding hydrogens is 430 g/mol. The summed E-state index contributed by atoms with van der Waals surface area (Å²) in [5.74, 6) is -2.35. The number of halogens is 2. The predicted molar refractivity (Wildman–Crippen MR) is 119 cm³/mol. The molecule has 1 aliphatic heterocycles. The summed E-state index contributed by atoms with van der Waals surface area (Å²) >= 11 is 0. The van der Waals surface area contributed by atoms with Crippen LogP contribution in [0.2, 0.25) is 0 Å². The van der Waals surface area contributed by atoms with Crippen LogP contribution in [-0.2, 0) is 9.59 Å². The van der Waals surface area contributed by atoms with Crippen LogP contribution >= 0.6 is 0 Å². The molecule has 0 spiro atoms. The Morgan fingerprint density at radius 3 is 2.70 bits per heavy atom. The van der Waals surface area contributed by atoms with Crippen LogP contribution in [0.25, 0.3) is 0 Å². The first-order valence-corrected chi connectivity index (χ1v) is 11.2. The van der Waals surface area contributed by atoms with E-state index in [0.29, 0.717) is 18.7 Å². The highest BCUT2D eigenvalue weighted by Gasteiger charge is 2.41. The second kappa shape index (κ2) is 11.2. The molecule has 0 bridgehead atoms. The number of methoxy groups -OCH3 is 1. The van der Waals surface area contributed by atoms with Crippen molar-refractivity contribution in [1.29, 1.82) is 0 Å². The molecule has 3 unspecified atom stereocenters. The first kappa shape index (κ1) is 24.6. The second-order valence-corrected chi connectivity index (χ2v) is 8.21. The zero-order valence-corrected chi connectivity index (χ0v) is 18.9. The number of benzene rings is 2. The number of para-hydroxylation sites is 1. The second-order valence-electron chi connectivity index (χ2n) is 8.21. The number of carbonyl (C=O) groups is 2. The number of carbonyl (C=O) groups excluding carboxylic acids is 2. The summed E-state index contributed by atoms with van der Waals surface area (Å²) in [6.45, 7) is 2.40. The molecule has 0 aliphatic carbocycles. The number of likely N-dealkylation sites (tertiary alicyclic amines) is 1. The zero-order valence-electron chi connectivity index (χ0n) is 18.9. The molecule has 3 atom stereocenters. The molecule has 1 saturated heterocycles. The van der Waals surface area contributed by atoms with Crippen molar-refractivity contribution in [3.8, 4) is 5.75 Å².